The largest absolute Gasteiger partial charge is 0.469 e. The lowest BCUT2D eigenvalue weighted by Gasteiger charge is -2.24. The van der Waals surface area contributed by atoms with Crippen LogP contribution in [0.5, 0.6) is 0 Å². The number of rotatable bonds is 10. The number of aromatic nitrogens is 2. The van der Waals surface area contributed by atoms with Gasteiger partial charge in [-0.25, -0.2) is 13.4 Å². The number of imidazole rings is 1. The van der Waals surface area contributed by atoms with Crippen molar-refractivity contribution in [3.63, 3.8) is 0 Å². The topological polar surface area (TPSA) is 100.0 Å². The van der Waals surface area contributed by atoms with Gasteiger partial charge in [0.15, 0.2) is 11.3 Å². The molecule has 1 rings (SSSR count). The minimum Gasteiger partial charge on any atom is -0.469 e. The Balaban J connectivity index is 3.06. The fourth-order valence-electron chi connectivity index (χ4n) is 1.90. The molecular formula is C14H25N3O6S. The third-order valence-corrected chi connectivity index (χ3v) is 5.20. The van der Waals surface area contributed by atoms with Crippen molar-refractivity contribution in [1.29, 1.82) is 0 Å². The Morgan fingerprint density at radius 1 is 1.29 bits per heavy atom. The molecule has 0 atom stereocenters. The zero-order valence-corrected chi connectivity index (χ0v) is 15.4. The monoisotopic (exact) mass is 363 g/mol. The number of methoxy groups -OCH3 is 3. The molecule has 1 heterocycles. The summed E-state index contributed by atoms with van der Waals surface area (Å²) in [6.45, 7) is 3.70. The van der Waals surface area contributed by atoms with Gasteiger partial charge in [0.05, 0.1) is 26.4 Å². The van der Waals surface area contributed by atoms with E-state index in [0.717, 1.165) is 4.31 Å². The Morgan fingerprint density at radius 3 is 2.38 bits per heavy atom. The molecular weight excluding hydrogens is 338 g/mol. The SMILES string of the molecule is COC(=O)CCN(CC(OC)OC)S(=O)(=O)c1cn(C(C)C)cn1. The third kappa shape index (κ3) is 5.26. The van der Waals surface area contributed by atoms with Gasteiger partial charge in [0.25, 0.3) is 10.0 Å². The summed E-state index contributed by atoms with van der Waals surface area (Å²) in [5, 5.41) is -0.0907. The molecule has 9 nitrogen and oxygen atoms in total. The lowest BCUT2D eigenvalue weighted by molar-refractivity contribution is -0.141. The fraction of sp³-hybridized carbons (Fsp3) is 0.714. The number of carbonyl (C=O) groups is 1. The molecule has 0 bridgehead atoms. The highest BCUT2D eigenvalue weighted by Crippen LogP contribution is 2.17. The molecule has 0 aliphatic heterocycles. The van der Waals surface area contributed by atoms with Crippen LogP contribution in [0.25, 0.3) is 0 Å². The van der Waals surface area contributed by atoms with Crippen LogP contribution in [0.15, 0.2) is 17.6 Å². The van der Waals surface area contributed by atoms with E-state index < -0.39 is 22.3 Å². The van der Waals surface area contributed by atoms with Crippen LogP contribution in [0.2, 0.25) is 0 Å². The van der Waals surface area contributed by atoms with Crippen LogP contribution in [0, 0.1) is 0 Å². The molecule has 0 aromatic carbocycles. The predicted octanol–water partition coefficient (Wildman–Crippen LogP) is 0.637. The van der Waals surface area contributed by atoms with E-state index in [0.29, 0.717) is 0 Å². The summed E-state index contributed by atoms with van der Waals surface area (Å²) in [5.41, 5.74) is 0. The average molecular weight is 363 g/mol. The first-order valence-electron chi connectivity index (χ1n) is 7.42. The molecule has 0 unspecified atom stereocenters. The van der Waals surface area contributed by atoms with Crippen LogP contribution in [0.3, 0.4) is 0 Å². The van der Waals surface area contributed by atoms with Crippen molar-refractivity contribution in [3.05, 3.63) is 12.5 Å². The molecule has 0 amide bonds. The molecule has 0 saturated carbocycles. The second kappa shape index (κ2) is 9.11. The van der Waals surface area contributed by atoms with Crippen LogP contribution in [-0.4, -0.2) is 69.0 Å². The minimum atomic E-state index is -3.90. The standard InChI is InChI=1S/C14H25N3O6S/c1-11(2)16-8-12(15-10-16)24(19,20)17(7-6-13(18)21-3)9-14(22-4)23-5/h8,10-11,14H,6-7,9H2,1-5H3. The lowest BCUT2D eigenvalue weighted by Crippen LogP contribution is -2.40. The Kier molecular flexibility index (Phi) is 7.80. The van der Waals surface area contributed by atoms with Gasteiger partial charge in [-0.15, -0.1) is 0 Å². The van der Waals surface area contributed by atoms with Gasteiger partial charge in [-0.2, -0.15) is 4.31 Å². The molecule has 0 N–H and O–H groups in total. The first-order chi connectivity index (χ1) is 11.3. The maximum absolute atomic E-state index is 12.8. The van der Waals surface area contributed by atoms with Crippen LogP contribution >= 0.6 is 0 Å². The van der Waals surface area contributed by atoms with E-state index in [4.69, 9.17) is 9.47 Å². The number of hydrogen-bond acceptors (Lipinski definition) is 7. The molecule has 1 aromatic heterocycles. The van der Waals surface area contributed by atoms with E-state index in [-0.39, 0.29) is 30.6 Å². The summed E-state index contributed by atoms with van der Waals surface area (Å²) >= 11 is 0. The second-order valence-corrected chi connectivity index (χ2v) is 7.23. The number of hydrogen-bond donors (Lipinski definition) is 0. The quantitative estimate of drug-likeness (QED) is 0.444. The van der Waals surface area contributed by atoms with Crippen molar-refractivity contribution < 1.29 is 27.4 Å². The first-order valence-corrected chi connectivity index (χ1v) is 8.86. The van der Waals surface area contributed by atoms with E-state index in [2.05, 4.69) is 9.72 Å². The molecule has 0 fully saturated rings. The van der Waals surface area contributed by atoms with E-state index in [1.165, 1.54) is 33.9 Å². The zero-order chi connectivity index (χ0) is 18.3. The Bertz CT molecular complexity index is 624. The van der Waals surface area contributed by atoms with Crippen molar-refractivity contribution in [1.82, 2.24) is 13.9 Å². The van der Waals surface area contributed by atoms with Gasteiger partial charge in [0, 0.05) is 33.0 Å². The van der Waals surface area contributed by atoms with Crippen LogP contribution in [-0.2, 0) is 29.0 Å². The fourth-order valence-corrected chi connectivity index (χ4v) is 3.25. The van der Waals surface area contributed by atoms with Gasteiger partial charge < -0.3 is 18.8 Å². The maximum atomic E-state index is 12.8. The molecule has 10 heteroatoms. The average Bonchev–Trinajstić information content (AvgIpc) is 3.05. The highest BCUT2D eigenvalue weighted by Gasteiger charge is 2.30. The molecule has 138 valence electrons. The zero-order valence-electron chi connectivity index (χ0n) is 14.6. The number of sulfonamides is 1. The van der Waals surface area contributed by atoms with Gasteiger partial charge in [-0.1, -0.05) is 0 Å². The normalized spacial score (nSPS) is 12.3. The van der Waals surface area contributed by atoms with Gasteiger partial charge in [0.1, 0.15) is 0 Å². The van der Waals surface area contributed by atoms with Crippen molar-refractivity contribution in [3.8, 4) is 0 Å². The summed E-state index contributed by atoms with van der Waals surface area (Å²) in [7, 11) is 0.168. The summed E-state index contributed by atoms with van der Waals surface area (Å²) in [5.74, 6) is -0.505. The van der Waals surface area contributed by atoms with Crippen molar-refractivity contribution in [2.75, 3.05) is 34.4 Å². The molecule has 0 radical (unpaired) electrons. The third-order valence-electron chi connectivity index (χ3n) is 3.45. The Labute approximate surface area is 142 Å². The predicted molar refractivity (Wildman–Crippen MR) is 85.8 cm³/mol. The highest BCUT2D eigenvalue weighted by molar-refractivity contribution is 7.89. The van der Waals surface area contributed by atoms with E-state index in [9.17, 15) is 13.2 Å². The molecule has 1 aromatic rings. The van der Waals surface area contributed by atoms with Crippen LogP contribution in [0.4, 0.5) is 0 Å². The van der Waals surface area contributed by atoms with Crippen LogP contribution < -0.4 is 0 Å². The van der Waals surface area contributed by atoms with Crippen LogP contribution in [0.1, 0.15) is 26.3 Å². The molecule has 24 heavy (non-hydrogen) atoms. The van der Waals surface area contributed by atoms with Gasteiger partial charge >= 0.3 is 5.97 Å². The highest BCUT2D eigenvalue weighted by atomic mass is 32.2. The van der Waals surface area contributed by atoms with E-state index >= 15 is 0 Å². The van der Waals surface area contributed by atoms with Gasteiger partial charge in [-0.3, -0.25) is 4.79 Å². The number of ether oxygens (including phenoxy) is 3. The number of esters is 1. The second-order valence-electron chi connectivity index (χ2n) is 5.34. The summed E-state index contributed by atoms with van der Waals surface area (Å²) in [4.78, 5) is 15.3. The first kappa shape index (κ1) is 20.6. The van der Waals surface area contributed by atoms with Gasteiger partial charge in [-0.05, 0) is 13.8 Å². The molecule has 0 saturated heterocycles. The van der Waals surface area contributed by atoms with Crippen molar-refractivity contribution in [2.24, 2.45) is 0 Å². The minimum absolute atomic E-state index is 0.0627. The summed E-state index contributed by atoms with van der Waals surface area (Å²) < 4.78 is 43.1. The van der Waals surface area contributed by atoms with Gasteiger partial charge in [0.2, 0.25) is 0 Å². The summed E-state index contributed by atoms with van der Waals surface area (Å²) in [6.07, 6.45) is 2.07. The number of carbonyl (C=O) groups excluding carboxylic acids is 1. The molecule has 0 spiro atoms. The van der Waals surface area contributed by atoms with Crippen molar-refractivity contribution in [2.45, 2.75) is 37.6 Å². The smallest absolute Gasteiger partial charge is 0.306 e. The Morgan fingerprint density at radius 2 is 1.92 bits per heavy atom. The van der Waals surface area contributed by atoms with E-state index in [1.807, 2.05) is 13.8 Å². The molecule has 0 aliphatic carbocycles. The lowest BCUT2D eigenvalue weighted by atomic mass is 10.4. The van der Waals surface area contributed by atoms with E-state index in [1.54, 1.807) is 4.57 Å². The maximum Gasteiger partial charge on any atom is 0.306 e. The Hall–Kier alpha value is -1.49. The molecule has 0 aliphatic rings. The summed E-state index contributed by atoms with van der Waals surface area (Å²) in [6, 6.07) is 0.0793. The van der Waals surface area contributed by atoms with Crippen molar-refractivity contribution >= 4 is 16.0 Å². The number of nitrogens with zero attached hydrogens (tertiary/aromatic N) is 3.